The highest BCUT2D eigenvalue weighted by Gasteiger charge is 2.38. The number of aromatic nitrogens is 1. The molecule has 1 atom stereocenters. The lowest BCUT2D eigenvalue weighted by molar-refractivity contribution is -0.146. The van der Waals surface area contributed by atoms with Gasteiger partial charge in [0.1, 0.15) is 11.9 Å². The summed E-state index contributed by atoms with van der Waals surface area (Å²) in [5.74, 6) is -0.652. The maximum atomic E-state index is 13.5. The summed E-state index contributed by atoms with van der Waals surface area (Å²) in [5, 5.41) is 14.2. The standard InChI is InChI=1S/C28H33FN4O3/c1-18-16-21(6-7-24(18)29)31-28(36)33-14-10-20(11-15-33)26(27(34)35)32-12-8-19(9-13-32)23-17-30-25-5-3-2-4-22(23)25/h2-7,16-17,19-20,26,30H,8-15H2,1H3,(H,31,36)(H,34,35). The van der Waals surface area contributed by atoms with E-state index in [1.54, 1.807) is 24.0 Å². The number of halogens is 1. The van der Waals surface area contributed by atoms with Crippen molar-refractivity contribution >= 4 is 28.6 Å². The zero-order valence-electron chi connectivity index (χ0n) is 20.5. The third-order valence-electron chi connectivity index (χ3n) is 7.92. The number of urea groups is 1. The predicted octanol–water partition coefficient (Wildman–Crippen LogP) is 5.19. The van der Waals surface area contributed by atoms with Gasteiger partial charge in [0.2, 0.25) is 0 Å². The predicted molar refractivity (Wildman–Crippen MR) is 138 cm³/mol. The number of H-pyrrole nitrogens is 1. The van der Waals surface area contributed by atoms with E-state index in [-0.39, 0.29) is 17.8 Å². The number of aromatic amines is 1. The van der Waals surface area contributed by atoms with Crippen LogP contribution in [0.5, 0.6) is 0 Å². The summed E-state index contributed by atoms with van der Waals surface area (Å²) < 4.78 is 13.5. The van der Waals surface area contributed by atoms with Crippen molar-refractivity contribution in [2.24, 2.45) is 5.92 Å². The van der Waals surface area contributed by atoms with Gasteiger partial charge >= 0.3 is 12.0 Å². The molecule has 2 aliphatic rings. The molecule has 1 aromatic heterocycles. The minimum atomic E-state index is -0.773. The molecule has 2 aliphatic heterocycles. The number of benzene rings is 2. The second-order valence-electron chi connectivity index (χ2n) is 10.1. The number of carboxylic acids is 1. The lowest BCUT2D eigenvalue weighted by Gasteiger charge is -2.41. The molecule has 2 amide bonds. The van der Waals surface area contributed by atoms with Gasteiger partial charge < -0.3 is 20.3 Å². The number of hydrogen-bond donors (Lipinski definition) is 3. The zero-order chi connectivity index (χ0) is 25.2. The third-order valence-corrected chi connectivity index (χ3v) is 7.92. The van der Waals surface area contributed by atoms with Crippen molar-refractivity contribution in [3.05, 3.63) is 65.6 Å². The van der Waals surface area contributed by atoms with Crippen LogP contribution in [0.2, 0.25) is 0 Å². The van der Waals surface area contributed by atoms with E-state index in [1.165, 1.54) is 17.0 Å². The Kier molecular flexibility index (Phi) is 6.96. The van der Waals surface area contributed by atoms with Gasteiger partial charge in [-0.3, -0.25) is 9.69 Å². The van der Waals surface area contributed by atoms with Gasteiger partial charge in [-0.15, -0.1) is 0 Å². The highest BCUT2D eigenvalue weighted by Crippen LogP contribution is 2.35. The Hall–Kier alpha value is -3.39. The number of fused-ring (bicyclic) bond motifs is 1. The number of rotatable bonds is 5. The zero-order valence-corrected chi connectivity index (χ0v) is 20.5. The Morgan fingerprint density at radius 1 is 1.06 bits per heavy atom. The Balaban J connectivity index is 1.17. The quantitative estimate of drug-likeness (QED) is 0.457. The molecule has 7 nitrogen and oxygen atoms in total. The molecule has 3 heterocycles. The Labute approximate surface area is 210 Å². The summed E-state index contributed by atoms with van der Waals surface area (Å²) in [6, 6.07) is 12.1. The number of likely N-dealkylation sites (tertiary alicyclic amines) is 2. The van der Waals surface area contributed by atoms with Crippen LogP contribution in [0.4, 0.5) is 14.9 Å². The summed E-state index contributed by atoms with van der Waals surface area (Å²) in [4.78, 5) is 32.3. The number of aliphatic carboxylic acids is 1. The molecular formula is C28H33FN4O3. The average Bonchev–Trinajstić information content (AvgIpc) is 3.31. The van der Waals surface area contributed by atoms with Crippen molar-refractivity contribution in [2.45, 2.75) is 44.6 Å². The number of piperidine rings is 2. The van der Waals surface area contributed by atoms with E-state index in [0.29, 0.717) is 43.1 Å². The van der Waals surface area contributed by atoms with Crippen LogP contribution < -0.4 is 5.32 Å². The fraction of sp³-hybridized carbons (Fsp3) is 0.429. The Morgan fingerprint density at radius 3 is 2.47 bits per heavy atom. The molecule has 2 saturated heterocycles. The Bertz CT molecular complexity index is 1240. The second-order valence-corrected chi connectivity index (χ2v) is 10.1. The van der Waals surface area contributed by atoms with Crippen molar-refractivity contribution in [2.75, 3.05) is 31.5 Å². The Morgan fingerprint density at radius 2 is 1.78 bits per heavy atom. The van der Waals surface area contributed by atoms with E-state index in [9.17, 15) is 19.1 Å². The molecule has 0 radical (unpaired) electrons. The maximum Gasteiger partial charge on any atom is 0.321 e. The van der Waals surface area contributed by atoms with Crippen LogP contribution in [0.15, 0.2) is 48.7 Å². The van der Waals surface area contributed by atoms with Gasteiger partial charge in [-0.05, 0) is 92.9 Å². The fourth-order valence-corrected chi connectivity index (χ4v) is 5.92. The van der Waals surface area contributed by atoms with E-state index in [4.69, 9.17) is 0 Å². The number of aryl methyl sites for hydroxylation is 1. The maximum absolute atomic E-state index is 13.5. The number of carbonyl (C=O) groups is 2. The van der Waals surface area contributed by atoms with Crippen molar-refractivity contribution < 1.29 is 19.1 Å². The van der Waals surface area contributed by atoms with E-state index >= 15 is 0 Å². The third kappa shape index (κ3) is 4.95. The molecule has 8 heteroatoms. The number of carbonyl (C=O) groups excluding carboxylic acids is 1. The summed E-state index contributed by atoms with van der Waals surface area (Å²) in [6.45, 7) is 4.18. The summed E-state index contributed by atoms with van der Waals surface area (Å²) in [7, 11) is 0. The van der Waals surface area contributed by atoms with Crippen LogP contribution in [0, 0.1) is 18.7 Å². The number of nitrogens with one attached hydrogen (secondary N) is 2. The number of para-hydroxylation sites is 1. The normalized spacial score (nSPS) is 18.9. The molecule has 190 valence electrons. The van der Waals surface area contributed by atoms with Gasteiger partial charge in [0.25, 0.3) is 0 Å². The van der Waals surface area contributed by atoms with Gasteiger partial charge in [0, 0.05) is 35.9 Å². The SMILES string of the molecule is Cc1cc(NC(=O)N2CCC(C(C(=O)O)N3CCC(c4c[nH]c5ccccc45)CC3)CC2)ccc1F. The van der Waals surface area contributed by atoms with Crippen LogP contribution in [-0.2, 0) is 4.79 Å². The first kappa shape index (κ1) is 24.3. The van der Waals surface area contributed by atoms with Crippen molar-refractivity contribution in [3.8, 4) is 0 Å². The topological polar surface area (TPSA) is 88.7 Å². The molecular weight excluding hydrogens is 459 g/mol. The fourth-order valence-electron chi connectivity index (χ4n) is 5.92. The van der Waals surface area contributed by atoms with Crippen LogP contribution in [-0.4, -0.2) is 64.1 Å². The van der Waals surface area contributed by atoms with Crippen molar-refractivity contribution in [3.63, 3.8) is 0 Å². The second kappa shape index (κ2) is 10.3. The number of nitrogens with zero attached hydrogens (tertiary/aromatic N) is 2. The molecule has 2 aromatic carbocycles. The first-order chi connectivity index (χ1) is 17.4. The smallest absolute Gasteiger partial charge is 0.321 e. The van der Waals surface area contributed by atoms with Gasteiger partial charge in [-0.1, -0.05) is 18.2 Å². The minimum Gasteiger partial charge on any atom is -0.480 e. The molecule has 2 fully saturated rings. The van der Waals surface area contributed by atoms with E-state index < -0.39 is 12.0 Å². The molecule has 1 unspecified atom stereocenters. The van der Waals surface area contributed by atoms with Crippen LogP contribution in [0.25, 0.3) is 10.9 Å². The first-order valence-corrected chi connectivity index (χ1v) is 12.8. The number of anilines is 1. The molecule has 0 bridgehead atoms. The molecule has 3 aromatic rings. The average molecular weight is 493 g/mol. The van der Waals surface area contributed by atoms with E-state index in [0.717, 1.165) is 31.4 Å². The number of hydrogen-bond acceptors (Lipinski definition) is 3. The number of amides is 2. The van der Waals surface area contributed by atoms with Gasteiger partial charge in [0.15, 0.2) is 0 Å². The highest BCUT2D eigenvalue weighted by molar-refractivity contribution is 5.89. The monoisotopic (exact) mass is 492 g/mol. The van der Waals surface area contributed by atoms with Gasteiger partial charge in [0.05, 0.1) is 0 Å². The van der Waals surface area contributed by atoms with Crippen molar-refractivity contribution in [1.29, 1.82) is 0 Å². The minimum absolute atomic E-state index is 0.00394. The van der Waals surface area contributed by atoms with E-state index in [1.807, 2.05) is 6.07 Å². The molecule has 36 heavy (non-hydrogen) atoms. The van der Waals surface area contributed by atoms with Crippen LogP contribution in [0.3, 0.4) is 0 Å². The lowest BCUT2D eigenvalue weighted by Crippen LogP contribution is -2.52. The molecule has 0 saturated carbocycles. The largest absolute Gasteiger partial charge is 0.480 e. The van der Waals surface area contributed by atoms with E-state index in [2.05, 4.69) is 39.6 Å². The summed E-state index contributed by atoms with van der Waals surface area (Å²) in [6.07, 6.45) is 5.27. The molecule has 0 aliphatic carbocycles. The molecule has 5 rings (SSSR count). The van der Waals surface area contributed by atoms with Crippen LogP contribution >= 0.6 is 0 Å². The molecule has 0 spiro atoms. The summed E-state index contributed by atoms with van der Waals surface area (Å²) in [5.41, 5.74) is 3.50. The highest BCUT2D eigenvalue weighted by atomic mass is 19.1. The van der Waals surface area contributed by atoms with Crippen LogP contribution in [0.1, 0.15) is 42.7 Å². The molecule has 3 N–H and O–H groups in total. The van der Waals surface area contributed by atoms with Gasteiger partial charge in [-0.25, -0.2) is 9.18 Å². The van der Waals surface area contributed by atoms with Gasteiger partial charge in [-0.2, -0.15) is 0 Å². The first-order valence-electron chi connectivity index (χ1n) is 12.8. The number of carboxylic acid groups (broad SMARTS) is 1. The lowest BCUT2D eigenvalue weighted by atomic mass is 9.84. The summed E-state index contributed by atoms with van der Waals surface area (Å²) >= 11 is 0. The van der Waals surface area contributed by atoms with Crippen molar-refractivity contribution in [1.82, 2.24) is 14.8 Å².